The fourth-order valence-corrected chi connectivity index (χ4v) is 3.22. The largest absolute Gasteiger partial charge is 0.348 e. The highest BCUT2D eigenvalue weighted by Crippen LogP contribution is 2.34. The van der Waals surface area contributed by atoms with E-state index in [1.807, 2.05) is 19.9 Å². The Morgan fingerprint density at radius 3 is 2.62 bits per heavy atom. The molecule has 138 valence electrons. The number of rotatable bonds is 5. The quantitative estimate of drug-likeness (QED) is 0.876. The van der Waals surface area contributed by atoms with E-state index in [1.54, 1.807) is 31.4 Å². The van der Waals surface area contributed by atoms with E-state index in [-0.39, 0.29) is 11.9 Å². The van der Waals surface area contributed by atoms with Gasteiger partial charge in [0.2, 0.25) is 11.9 Å². The highest BCUT2D eigenvalue weighted by Gasteiger charge is 2.31. The summed E-state index contributed by atoms with van der Waals surface area (Å²) in [7, 11) is 3.56. The fourth-order valence-electron chi connectivity index (χ4n) is 3.22. The first-order valence-corrected chi connectivity index (χ1v) is 8.78. The molecule has 0 saturated carbocycles. The maximum absolute atomic E-state index is 12.1. The first kappa shape index (κ1) is 18.2. The predicted octanol–water partition coefficient (Wildman–Crippen LogP) is 1.85. The molecule has 0 radical (unpaired) electrons. The Kier molecular flexibility index (Phi) is 5.41. The number of aromatic nitrogens is 4. The molecule has 2 aromatic heterocycles. The first-order valence-electron chi connectivity index (χ1n) is 8.78. The highest BCUT2D eigenvalue weighted by atomic mass is 16.2. The minimum atomic E-state index is 0.0565. The van der Waals surface area contributed by atoms with Crippen LogP contribution in [0.2, 0.25) is 0 Å². The Morgan fingerprint density at radius 1 is 1.23 bits per heavy atom. The number of anilines is 2. The summed E-state index contributed by atoms with van der Waals surface area (Å²) in [5.74, 6) is 1.25. The van der Waals surface area contributed by atoms with Crippen molar-refractivity contribution in [2.45, 2.75) is 32.7 Å². The Labute approximate surface area is 153 Å². The predicted molar refractivity (Wildman–Crippen MR) is 99.1 cm³/mol. The molecule has 0 spiro atoms. The molecule has 1 aliphatic heterocycles. The Morgan fingerprint density at radius 2 is 1.92 bits per heavy atom. The van der Waals surface area contributed by atoms with E-state index in [0.717, 1.165) is 36.5 Å². The van der Waals surface area contributed by atoms with E-state index in [1.165, 1.54) is 0 Å². The van der Waals surface area contributed by atoms with Crippen molar-refractivity contribution >= 4 is 17.7 Å². The van der Waals surface area contributed by atoms with E-state index in [9.17, 15) is 4.79 Å². The van der Waals surface area contributed by atoms with Gasteiger partial charge in [0, 0.05) is 37.9 Å². The monoisotopic (exact) mass is 355 g/mol. The van der Waals surface area contributed by atoms with Crippen molar-refractivity contribution in [3.05, 3.63) is 35.5 Å². The van der Waals surface area contributed by atoms with Gasteiger partial charge in [0.1, 0.15) is 5.69 Å². The summed E-state index contributed by atoms with van der Waals surface area (Å²) in [6.45, 7) is 5.13. The smallest absolute Gasteiger partial charge is 0.236 e. The topological polar surface area (TPSA) is 87.1 Å². The molecule has 1 aliphatic rings. The molecular weight excluding hydrogens is 330 g/mol. The van der Waals surface area contributed by atoms with Gasteiger partial charge < -0.3 is 10.2 Å². The minimum absolute atomic E-state index is 0.0565. The fraction of sp³-hybridized carbons (Fsp3) is 0.500. The molecule has 0 aliphatic carbocycles. The third-order valence-electron chi connectivity index (χ3n) is 4.46. The van der Waals surface area contributed by atoms with Gasteiger partial charge in [-0.15, -0.1) is 0 Å². The zero-order valence-corrected chi connectivity index (χ0v) is 15.7. The number of carbonyl (C=O) groups is 1. The number of hydrogen-bond donors (Lipinski definition) is 1. The van der Waals surface area contributed by atoms with Gasteiger partial charge >= 0.3 is 0 Å². The van der Waals surface area contributed by atoms with Gasteiger partial charge in [-0.2, -0.15) is 0 Å². The van der Waals surface area contributed by atoms with E-state index < -0.39 is 0 Å². The molecule has 8 nitrogen and oxygen atoms in total. The van der Waals surface area contributed by atoms with Gasteiger partial charge in [-0.25, -0.2) is 15.0 Å². The van der Waals surface area contributed by atoms with Crippen molar-refractivity contribution < 1.29 is 4.79 Å². The number of amides is 1. The van der Waals surface area contributed by atoms with Crippen LogP contribution in [0.4, 0.5) is 11.8 Å². The summed E-state index contributed by atoms with van der Waals surface area (Å²) in [6.07, 6.45) is 5.31. The number of likely N-dealkylation sites (tertiary alicyclic amines) is 1. The number of aryl methyl sites for hydroxylation is 2. The van der Waals surface area contributed by atoms with Crippen molar-refractivity contribution in [2.75, 3.05) is 32.5 Å². The van der Waals surface area contributed by atoms with Crippen LogP contribution in [0.3, 0.4) is 0 Å². The van der Waals surface area contributed by atoms with Crippen LogP contribution >= 0.6 is 0 Å². The van der Waals surface area contributed by atoms with Crippen LogP contribution in [0.5, 0.6) is 0 Å². The van der Waals surface area contributed by atoms with Gasteiger partial charge in [0.05, 0.1) is 12.6 Å². The standard InChI is InChI=1S/C18H25N7O/c1-12-10-13(2)22-18(21-12)23-17-16(19-7-8-20-17)14-6-5-9-25(14)11-15(26)24(3)4/h7-8,10,14H,5-6,9,11H2,1-4H3,(H,20,21,22,23)/t14-/m1/s1. The number of hydrogen-bond acceptors (Lipinski definition) is 7. The summed E-state index contributed by atoms with van der Waals surface area (Å²) in [6, 6.07) is 1.98. The molecule has 1 fully saturated rings. The third kappa shape index (κ3) is 4.13. The molecule has 1 amide bonds. The lowest BCUT2D eigenvalue weighted by molar-refractivity contribution is -0.130. The molecule has 0 aromatic carbocycles. The average molecular weight is 355 g/mol. The van der Waals surface area contributed by atoms with Gasteiger partial charge in [-0.1, -0.05) is 0 Å². The molecule has 0 bridgehead atoms. The van der Waals surface area contributed by atoms with E-state index >= 15 is 0 Å². The molecule has 1 atom stereocenters. The second kappa shape index (κ2) is 7.74. The average Bonchev–Trinajstić information content (AvgIpc) is 3.02. The van der Waals surface area contributed by atoms with Crippen molar-refractivity contribution in [1.82, 2.24) is 29.7 Å². The molecule has 3 heterocycles. The Hall–Kier alpha value is -2.61. The lowest BCUT2D eigenvalue weighted by Crippen LogP contribution is -2.36. The Balaban J connectivity index is 1.85. The molecule has 1 saturated heterocycles. The molecular formula is C18H25N7O. The zero-order valence-electron chi connectivity index (χ0n) is 15.7. The summed E-state index contributed by atoms with van der Waals surface area (Å²) in [5.41, 5.74) is 2.62. The van der Waals surface area contributed by atoms with Crippen molar-refractivity contribution in [3.63, 3.8) is 0 Å². The summed E-state index contributed by atoms with van der Waals surface area (Å²) in [5, 5.41) is 3.21. The molecule has 2 aromatic rings. The first-order chi connectivity index (χ1) is 12.4. The molecule has 3 rings (SSSR count). The van der Waals surface area contributed by atoms with Gasteiger partial charge in [-0.3, -0.25) is 14.7 Å². The molecule has 8 heteroatoms. The van der Waals surface area contributed by atoms with E-state index in [4.69, 9.17) is 0 Å². The summed E-state index contributed by atoms with van der Waals surface area (Å²) in [4.78, 5) is 33.8. The lowest BCUT2D eigenvalue weighted by Gasteiger charge is -2.25. The number of nitrogens with zero attached hydrogens (tertiary/aromatic N) is 6. The summed E-state index contributed by atoms with van der Waals surface area (Å²) >= 11 is 0. The maximum Gasteiger partial charge on any atom is 0.236 e. The van der Waals surface area contributed by atoms with Crippen LogP contribution in [-0.4, -0.2) is 62.8 Å². The molecule has 1 N–H and O–H groups in total. The van der Waals surface area contributed by atoms with Crippen LogP contribution in [0.1, 0.15) is 36.0 Å². The van der Waals surface area contributed by atoms with Crippen LogP contribution in [0, 0.1) is 13.8 Å². The number of nitrogens with one attached hydrogen (secondary N) is 1. The second-order valence-electron chi connectivity index (χ2n) is 6.81. The second-order valence-corrected chi connectivity index (χ2v) is 6.81. The number of carbonyl (C=O) groups excluding carboxylic acids is 1. The van der Waals surface area contributed by atoms with E-state index in [2.05, 4.69) is 30.2 Å². The van der Waals surface area contributed by atoms with Crippen molar-refractivity contribution in [1.29, 1.82) is 0 Å². The van der Waals surface area contributed by atoms with Gasteiger partial charge in [0.25, 0.3) is 0 Å². The summed E-state index contributed by atoms with van der Waals surface area (Å²) < 4.78 is 0. The van der Waals surface area contributed by atoms with Crippen LogP contribution < -0.4 is 5.32 Å². The lowest BCUT2D eigenvalue weighted by atomic mass is 10.1. The van der Waals surface area contributed by atoms with Crippen LogP contribution in [-0.2, 0) is 4.79 Å². The van der Waals surface area contributed by atoms with E-state index in [0.29, 0.717) is 18.3 Å². The normalized spacial score (nSPS) is 17.3. The van der Waals surface area contributed by atoms with Gasteiger partial charge in [0.15, 0.2) is 5.82 Å². The SMILES string of the molecule is Cc1cc(C)nc(Nc2nccnc2[C@H]2CCCN2CC(=O)N(C)C)n1. The van der Waals surface area contributed by atoms with Gasteiger partial charge in [-0.05, 0) is 39.3 Å². The van der Waals surface area contributed by atoms with Crippen LogP contribution in [0.15, 0.2) is 18.5 Å². The highest BCUT2D eigenvalue weighted by molar-refractivity contribution is 5.77. The number of likely N-dealkylation sites (N-methyl/N-ethyl adjacent to an activating group) is 1. The van der Waals surface area contributed by atoms with Crippen molar-refractivity contribution in [2.24, 2.45) is 0 Å². The van der Waals surface area contributed by atoms with Crippen molar-refractivity contribution in [3.8, 4) is 0 Å². The maximum atomic E-state index is 12.1. The minimum Gasteiger partial charge on any atom is -0.348 e. The van der Waals surface area contributed by atoms with Crippen LogP contribution in [0.25, 0.3) is 0 Å². The third-order valence-corrected chi connectivity index (χ3v) is 4.46. The zero-order chi connectivity index (χ0) is 18.7. The molecule has 26 heavy (non-hydrogen) atoms. The Bertz CT molecular complexity index is 773. The molecule has 0 unspecified atom stereocenters.